The van der Waals surface area contributed by atoms with E-state index in [1.807, 2.05) is 36.4 Å². The van der Waals surface area contributed by atoms with E-state index in [0.29, 0.717) is 13.0 Å². The van der Waals surface area contributed by atoms with Gasteiger partial charge in [-0.3, -0.25) is 0 Å². The molecule has 0 heterocycles. The van der Waals surface area contributed by atoms with Gasteiger partial charge in [-0.15, -0.1) is 0 Å². The van der Waals surface area contributed by atoms with Crippen LogP contribution in [0.15, 0.2) is 84.9 Å². The first-order chi connectivity index (χ1) is 19.6. The second kappa shape index (κ2) is 16.0. The van der Waals surface area contributed by atoms with Gasteiger partial charge in [-0.25, -0.2) is 0 Å². The third kappa shape index (κ3) is 9.09. The summed E-state index contributed by atoms with van der Waals surface area (Å²) in [7, 11) is 0. The van der Waals surface area contributed by atoms with E-state index in [0.717, 1.165) is 85.7 Å². The maximum atomic E-state index is 10.7. The fraction of sp³-hybridized carbons (Fsp3) is 0.371. The van der Waals surface area contributed by atoms with E-state index in [1.54, 1.807) is 18.2 Å². The Bertz CT molecular complexity index is 1310. The second-order valence-corrected chi connectivity index (χ2v) is 10.5. The molecular weight excluding hydrogens is 498 g/mol. The van der Waals surface area contributed by atoms with Crippen LogP contribution in [-0.4, -0.2) is 41.6 Å². The lowest BCUT2D eigenvalue weighted by atomic mass is 9.95. The van der Waals surface area contributed by atoms with E-state index in [2.05, 4.69) is 35.6 Å². The number of ether oxygens (including phenoxy) is 1. The molecule has 4 rings (SSSR count). The molecule has 212 valence electrons. The number of hydrogen-bond donors (Lipinski definition) is 4. The van der Waals surface area contributed by atoms with Crippen LogP contribution in [0.4, 0.5) is 0 Å². The highest BCUT2D eigenvalue weighted by Crippen LogP contribution is 2.31. The molecule has 40 heavy (non-hydrogen) atoms. The normalized spacial score (nSPS) is 12.1. The fourth-order valence-corrected chi connectivity index (χ4v) is 5.10. The molecule has 0 aromatic heterocycles. The molecular formula is C35H43NO4. The molecule has 0 spiro atoms. The predicted molar refractivity (Wildman–Crippen MR) is 163 cm³/mol. The third-order valence-electron chi connectivity index (χ3n) is 7.44. The van der Waals surface area contributed by atoms with Crippen molar-refractivity contribution < 1.29 is 20.1 Å². The number of phenolic OH excluding ortho intramolecular Hbond substituents is 2. The molecule has 0 fully saturated rings. The lowest BCUT2D eigenvalue weighted by Gasteiger charge is -2.15. The number of rotatable bonds is 17. The summed E-state index contributed by atoms with van der Waals surface area (Å²) in [6.07, 6.45) is 7.72. The van der Waals surface area contributed by atoms with Crippen molar-refractivity contribution >= 4 is 10.8 Å². The maximum Gasteiger partial charge on any atom is 0.123 e. The molecule has 1 unspecified atom stereocenters. The molecule has 0 saturated heterocycles. The van der Waals surface area contributed by atoms with Crippen molar-refractivity contribution in [2.45, 2.75) is 57.5 Å². The minimum atomic E-state index is -0.647. The fourth-order valence-electron chi connectivity index (χ4n) is 5.10. The highest BCUT2D eigenvalue weighted by molar-refractivity contribution is 5.91. The molecule has 5 heteroatoms. The van der Waals surface area contributed by atoms with Crippen LogP contribution < -0.4 is 5.32 Å². The van der Waals surface area contributed by atoms with E-state index in [1.165, 1.54) is 12.0 Å². The molecule has 0 bridgehead atoms. The number of nitrogens with one attached hydrogen (secondary N) is 1. The van der Waals surface area contributed by atoms with Crippen molar-refractivity contribution in [1.82, 2.24) is 5.32 Å². The molecule has 0 saturated carbocycles. The Labute approximate surface area is 238 Å². The quantitative estimate of drug-likeness (QED) is 0.108. The van der Waals surface area contributed by atoms with Gasteiger partial charge in [-0.05, 0) is 84.5 Å². The molecule has 0 radical (unpaired) electrons. The predicted octanol–water partition coefficient (Wildman–Crippen LogP) is 7.06. The van der Waals surface area contributed by atoms with Crippen LogP contribution in [0.1, 0.15) is 66.9 Å². The van der Waals surface area contributed by atoms with E-state index < -0.39 is 6.10 Å². The third-order valence-corrected chi connectivity index (χ3v) is 7.44. The van der Waals surface area contributed by atoms with Crippen LogP contribution in [0, 0.1) is 0 Å². The number of benzene rings is 4. The summed E-state index contributed by atoms with van der Waals surface area (Å²) in [6, 6.07) is 27.2. The standard InChI is InChI=1S/C35H43NO4/c37-33-19-18-29(25-30(33)24-28-17-20-34(38)32-16-7-6-15-31(28)32)35(39)26-36-21-9-1-2-10-22-40-23-11-8-14-27-12-4-3-5-13-27/h3-7,12-13,15-20,25,35-39H,1-2,8-11,14,21-24,26H2. The van der Waals surface area contributed by atoms with Gasteiger partial charge < -0.3 is 25.4 Å². The Hall–Kier alpha value is -3.38. The average molecular weight is 542 g/mol. The number of unbranched alkanes of at least 4 members (excludes halogenated alkanes) is 4. The number of fused-ring (bicyclic) bond motifs is 1. The number of phenols is 2. The molecule has 0 amide bonds. The highest BCUT2D eigenvalue weighted by atomic mass is 16.5. The Morgan fingerprint density at radius 1 is 0.650 bits per heavy atom. The summed E-state index contributed by atoms with van der Waals surface area (Å²) in [5.74, 6) is 0.453. The average Bonchev–Trinajstić information content (AvgIpc) is 2.98. The topological polar surface area (TPSA) is 82.0 Å². The number of aliphatic hydroxyl groups is 1. The zero-order valence-electron chi connectivity index (χ0n) is 23.4. The van der Waals surface area contributed by atoms with Crippen LogP contribution in [0.2, 0.25) is 0 Å². The van der Waals surface area contributed by atoms with Gasteiger partial charge in [0.25, 0.3) is 0 Å². The van der Waals surface area contributed by atoms with Crippen molar-refractivity contribution in [3.05, 3.63) is 107 Å². The van der Waals surface area contributed by atoms with Gasteiger partial charge in [0.15, 0.2) is 0 Å². The summed E-state index contributed by atoms with van der Waals surface area (Å²) in [6.45, 7) is 3.01. The lowest BCUT2D eigenvalue weighted by molar-refractivity contribution is 0.126. The Balaban J connectivity index is 1.09. The van der Waals surface area contributed by atoms with Crippen molar-refractivity contribution in [1.29, 1.82) is 0 Å². The smallest absolute Gasteiger partial charge is 0.123 e. The van der Waals surface area contributed by atoms with E-state index in [-0.39, 0.29) is 11.5 Å². The van der Waals surface area contributed by atoms with Gasteiger partial charge in [0, 0.05) is 31.6 Å². The molecule has 0 aliphatic heterocycles. The Morgan fingerprint density at radius 3 is 2.17 bits per heavy atom. The number of hydrogen-bond acceptors (Lipinski definition) is 5. The van der Waals surface area contributed by atoms with Crippen LogP contribution in [0.3, 0.4) is 0 Å². The zero-order chi connectivity index (χ0) is 28.0. The second-order valence-electron chi connectivity index (χ2n) is 10.5. The summed E-state index contributed by atoms with van der Waals surface area (Å²) >= 11 is 0. The van der Waals surface area contributed by atoms with Crippen molar-refractivity contribution in [2.24, 2.45) is 0 Å². The lowest BCUT2D eigenvalue weighted by Crippen LogP contribution is -2.22. The van der Waals surface area contributed by atoms with Gasteiger partial charge >= 0.3 is 0 Å². The molecule has 4 N–H and O–H groups in total. The first-order valence-corrected chi connectivity index (χ1v) is 14.6. The van der Waals surface area contributed by atoms with E-state index >= 15 is 0 Å². The van der Waals surface area contributed by atoms with Crippen molar-refractivity contribution in [3.8, 4) is 11.5 Å². The molecule has 0 aliphatic rings. The van der Waals surface area contributed by atoms with Gasteiger partial charge in [0.1, 0.15) is 11.5 Å². The zero-order valence-corrected chi connectivity index (χ0v) is 23.4. The van der Waals surface area contributed by atoms with Crippen molar-refractivity contribution in [2.75, 3.05) is 26.3 Å². The van der Waals surface area contributed by atoms with E-state index in [9.17, 15) is 15.3 Å². The highest BCUT2D eigenvalue weighted by Gasteiger charge is 2.13. The molecule has 5 nitrogen and oxygen atoms in total. The summed E-state index contributed by atoms with van der Waals surface area (Å²) in [5.41, 5.74) is 3.95. The van der Waals surface area contributed by atoms with Crippen LogP contribution >= 0.6 is 0 Å². The number of aryl methyl sites for hydroxylation is 1. The first kappa shape index (κ1) is 29.6. The number of aliphatic hydroxyl groups excluding tert-OH is 1. The van der Waals surface area contributed by atoms with Gasteiger partial charge in [0.05, 0.1) is 6.10 Å². The summed E-state index contributed by atoms with van der Waals surface area (Å²) in [5, 5.41) is 36.5. The Kier molecular flexibility index (Phi) is 11.9. The number of aromatic hydroxyl groups is 2. The van der Waals surface area contributed by atoms with Crippen LogP contribution in [-0.2, 0) is 17.6 Å². The van der Waals surface area contributed by atoms with Gasteiger partial charge in [0.2, 0.25) is 0 Å². The largest absolute Gasteiger partial charge is 0.508 e. The maximum absolute atomic E-state index is 10.7. The Morgan fingerprint density at radius 2 is 1.35 bits per heavy atom. The molecule has 4 aromatic rings. The first-order valence-electron chi connectivity index (χ1n) is 14.6. The van der Waals surface area contributed by atoms with Crippen LogP contribution in [0.5, 0.6) is 11.5 Å². The summed E-state index contributed by atoms with van der Waals surface area (Å²) in [4.78, 5) is 0. The van der Waals surface area contributed by atoms with E-state index in [4.69, 9.17) is 4.74 Å². The van der Waals surface area contributed by atoms with Gasteiger partial charge in [-0.2, -0.15) is 0 Å². The van der Waals surface area contributed by atoms with Crippen molar-refractivity contribution in [3.63, 3.8) is 0 Å². The molecule has 0 aliphatic carbocycles. The van der Waals surface area contributed by atoms with Crippen LogP contribution in [0.25, 0.3) is 10.8 Å². The SMILES string of the molecule is Oc1ccc(C(O)CNCCCCCCOCCCCc2ccccc2)cc1Cc1ccc(O)c2ccccc12. The minimum absolute atomic E-state index is 0.206. The summed E-state index contributed by atoms with van der Waals surface area (Å²) < 4.78 is 5.78. The monoisotopic (exact) mass is 541 g/mol. The minimum Gasteiger partial charge on any atom is -0.508 e. The molecule has 1 atom stereocenters. The molecule has 4 aromatic carbocycles. The van der Waals surface area contributed by atoms with Gasteiger partial charge in [-0.1, -0.05) is 79.6 Å².